The van der Waals surface area contributed by atoms with Gasteiger partial charge >= 0.3 is 0 Å². The minimum atomic E-state index is -4.94. The fourth-order valence-corrected chi connectivity index (χ4v) is 3.77. The molecule has 0 atom stereocenters. The van der Waals surface area contributed by atoms with Crippen molar-refractivity contribution < 1.29 is 28.9 Å². The molecule has 0 aromatic heterocycles. The van der Waals surface area contributed by atoms with Crippen molar-refractivity contribution in [1.82, 2.24) is 4.59 Å². The Kier molecular flexibility index (Phi) is 8.30. The molecule has 0 saturated carbocycles. The maximum atomic E-state index is 8.49. The minimum absolute atomic E-state index is 0.407. The number of hydrogen-bond acceptors (Lipinski definition) is 5. The highest BCUT2D eigenvalue weighted by molar-refractivity contribution is 5.75. The lowest BCUT2D eigenvalue weighted by Crippen LogP contribution is -2.68. The molecule has 4 rings (SSSR count). The Hall–Kier alpha value is -3.23. The van der Waals surface area contributed by atoms with E-state index in [0.717, 1.165) is 22.7 Å². The first kappa shape index (κ1) is 26.4. The molecular formula is C28H29ClN2O4. The van der Waals surface area contributed by atoms with E-state index in [1.165, 1.54) is 22.3 Å². The van der Waals surface area contributed by atoms with Gasteiger partial charge in [0.1, 0.15) is 0 Å². The monoisotopic (exact) mass is 492 g/mol. The van der Waals surface area contributed by atoms with E-state index >= 15 is 0 Å². The second kappa shape index (κ2) is 11.0. The van der Waals surface area contributed by atoms with Crippen LogP contribution in [0.1, 0.15) is 22.3 Å². The number of aryl methyl sites for hydroxylation is 4. The van der Waals surface area contributed by atoms with Gasteiger partial charge in [0, 0.05) is 36.4 Å². The van der Waals surface area contributed by atoms with Gasteiger partial charge in [-0.15, -0.1) is 14.8 Å². The van der Waals surface area contributed by atoms with Gasteiger partial charge in [-0.1, -0.05) is 70.8 Å². The zero-order valence-electron chi connectivity index (χ0n) is 20.2. The first-order valence-electron chi connectivity index (χ1n) is 11.0. The van der Waals surface area contributed by atoms with Crippen LogP contribution in [0.5, 0.6) is 0 Å². The van der Waals surface area contributed by atoms with Crippen molar-refractivity contribution in [3.63, 3.8) is 0 Å². The molecule has 35 heavy (non-hydrogen) atoms. The van der Waals surface area contributed by atoms with Crippen LogP contribution < -0.4 is 28.7 Å². The molecule has 0 amide bonds. The molecule has 0 heterocycles. The smallest absolute Gasteiger partial charge is 0.167 e. The molecule has 6 nitrogen and oxygen atoms in total. The molecule has 0 aliphatic carbocycles. The number of benzene rings is 4. The van der Waals surface area contributed by atoms with Crippen molar-refractivity contribution in [3.8, 4) is 0 Å². The maximum absolute atomic E-state index is 8.49. The third-order valence-corrected chi connectivity index (χ3v) is 5.61. The Morgan fingerprint density at radius 2 is 0.686 bits per heavy atom. The summed E-state index contributed by atoms with van der Waals surface area (Å²) in [6.45, 7) is 8.50. The minimum Gasteiger partial charge on any atom is -0.222 e. The van der Waals surface area contributed by atoms with Crippen LogP contribution in [-0.2, 0) is 0 Å². The molecule has 0 radical (unpaired) electrons. The quantitative estimate of drug-likeness (QED) is 0.340. The zero-order valence-corrected chi connectivity index (χ0v) is 21.0. The highest BCUT2D eigenvalue weighted by atomic mass is 35.7. The largest absolute Gasteiger partial charge is 0.222 e. The number of quaternary nitrogens is 1. The standard InChI is InChI=1S/C28H29N2.ClHO4/c1-21-5-13-25(14-6-21)29-30(26-15-7-22(2)8-16-26,27-17-9-23(3)10-18-27)28-19-11-24(4)12-20-28;2-1(3,4)5/h5-20,29H,1-4H3;(H,2,3,4,5)/q+1;/p-1. The molecule has 7 heteroatoms. The molecule has 4 aromatic carbocycles. The molecule has 4 aromatic rings. The number of hydrogen-bond donors (Lipinski definition) is 1. The van der Waals surface area contributed by atoms with Crippen molar-refractivity contribution >= 4 is 22.7 Å². The molecule has 0 spiro atoms. The molecule has 0 unspecified atom stereocenters. The van der Waals surface area contributed by atoms with Crippen LogP contribution in [0.3, 0.4) is 0 Å². The third kappa shape index (κ3) is 7.13. The summed E-state index contributed by atoms with van der Waals surface area (Å²) in [5, 5.41) is 0. The average molecular weight is 493 g/mol. The highest BCUT2D eigenvalue weighted by Crippen LogP contribution is 2.44. The maximum Gasteiger partial charge on any atom is 0.167 e. The van der Waals surface area contributed by atoms with Crippen LogP contribution in [0.25, 0.3) is 0 Å². The summed E-state index contributed by atoms with van der Waals surface area (Å²) in [4.78, 5) is 0. The van der Waals surface area contributed by atoms with Gasteiger partial charge in [0.2, 0.25) is 0 Å². The van der Waals surface area contributed by atoms with Crippen LogP contribution in [0.4, 0.5) is 22.7 Å². The molecule has 0 aliphatic rings. The summed E-state index contributed by atoms with van der Waals surface area (Å²) in [6, 6.07) is 35.0. The summed E-state index contributed by atoms with van der Waals surface area (Å²) in [5.41, 5.74) is 13.4. The number of nitrogens with zero attached hydrogens (tertiary/aromatic N) is 1. The van der Waals surface area contributed by atoms with Gasteiger partial charge in [-0.05, 0) is 39.8 Å². The van der Waals surface area contributed by atoms with E-state index < -0.39 is 10.2 Å². The predicted octanol–water partition coefficient (Wildman–Crippen LogP) is 3.16. The van der Waals surface area contributed by atoms with Crippen LogP contribution in [0.15, 0.2) is 97.1 Å². The molecule has 0 saturated heterocycles. The van der Waals surface area contributed by atoms with E-state index in [-0.39, 0.29) is 0 Å². The first-order chi connectivity index (χ1) is 16.5. The van der Waals surface area contributed by atoms with E-state index in [1.54, 1.807) is 0 Å². The Labute approximate surface area is 208 Å². The molecule has 0 bridgehead atoms. The average Bonchev–Trinajstić information content (AvgIpc) is 2.80. The van der Waals surface area contributed by atoms with E-state index in [0.29, 0.717) is 4.59 Å². The van der Waals surface area contributed by atoms with E-state index in [4.69, 9.17) is 18.6 Å². The first-order valence-corrected chi connectivity index (χ1v) is 12.3. The van der Waals surface area contributed by atoms with Crippen molar-refractivity contribution in [3.05, 3.63) is 119 Å². The van der Waals surface area contributed by atoms with Crippen LogP contribution in [0, 0.1) is 37.9 Å². The van der Waals surface area contributed by atoms with E-state index in [1.807, 2.05) is 0 Å². The summed E-state index contributed by atoms with van der Waals surface area (Å²) in [7, 11) is -4.94. The fraction of sp³-hybridized carbons (Fsp3) is 0.143. The molecule has 0 aliphatic heterocycles. The van der Waals surface area contributed by atoms with Crippen LogP contribution in [-0.4, -0.2) is 0 Å². The van der Waals surface area contributed by atoms with Gasteiger partial charge in [0.25, 0.3) is 0 Å². The number of anilines is 1. The van der Waals surface area contributed by atoms with Crippen molar-refractivity contribution in [2.75, 3.05) is 5.43 Å². The Morgan fingerprint density at radius 3 is 0.943 bits per heavy atom. The van der Waals surface area contributed by atoms with E-state index in [9.17, 15) is 0 Å². The second-order valence-corrected chi connectivity index (χ2v) is 9.29. The summed E-state index contributed by atoms with van der Waals surface area (Å²) in [6.07, 6.45) is 0. The zero-order chi connectivity index (χ0) is 25.6. The Morgan fingerprint density at radius 1 is 0.457 bits per heavy atom. The summed E-state index contributed by atoms with van der Waals surface area (Å²) in [5.74, 6) is 0. The summed E-state index contributed by atoms with van der Waals surface area (Å²) >= 11 is 0. The van der Waals surface area contributed by atoms with Gasteiger partial charge in [0.15, 0.2) is 17.1 Å². The van der Waals surface area contributed by atoms with Crippen molar-refractivity contribution in [2.45, 2.75) is 27.7 Å². The molecule has 182 valence electrons. The van der Waals surface area contributed by atoms with Crippen molar-refractivity contribution in [2.24, 2.45) is 0 Å². The van der Waals surface area contributed by atoms with Crippen molar-refractivity contribution in [1.29, 1.82) is 0 Å². The number of rotatable bonds is 5. The van der Waals surface area contributed by atoms with Gasteiger partial charge in [-0.3, -0.25) is 0 Å². The lowest BCUT2D eigenvalue weighted by molar-refractivity contribution is -2.00. The topological polar surface area (TPSA) is 104 Å². The third-order valence-electron chi connectivity index (χ3n) is 5.61. The molecule has 0 fully saturated rings. The Balaban J connectivity index is 0.000000623. The van der Waals surface area contributed by atoms with Crippen LogP contribution >= 0.6 is 0 Å². The van der Waals surface area contributed by atoms with E-state index in [2.05, 4.69) is 130 Å². The highest BCUT2D eigenvalue weighted by Gasteiger charge is 2.37. The molecular weight excluding hydrogens is 464 g/mol. The SMILES string of the molecule is Cc1ccc(N[N+](c2ccc(C)cc2)(c2ccc(C)cc2)c2ccc(C)cc2)cc1.[O-][Cl+3]([O-])([O-])[O-]. The van der Waals surface area contributed by atoms with Gasteiger partial charge in [0.05, 0.1) is 5.69 Å². The normalized spacial score (nSPS) is 11.4. The van der Waals surface area contributed by atoms with Crippen LogP contribution in [0.2, 0.25) is 0 Å². The summed E-state index contributed by atoms with van der Waals surface area (Å²) < 4.78 is 34.4. The molecule has 1 N–H and O–H groups in total. The predicted molar refractivity (Wildman–Crippen MR) is 129 cm³/mol. The second-order valence-electron chi connectivity index (χ2n) is 8.53. The number of halogens is 1. The lowest BCUT2D eigenvalue weighted by Gasteiger charge is -2.37. The van der Waals surface area contributed by atoms with Gasteiger partial charge < -0.3 is 0 Å². The van der Waals surface area contributed by atoms with Gasteiger partial charge in [-0.2, -0.15) is 0 Å². The van der Waals surface area contributed by atoms with Gasteiger partial charge in [-0.25, -0.2) is 24.1 Å². The lowest BCUT2D eigenvalue weighted by atomic mass is 10.1. The number of nitrogens with one attached hydrogen (secondary N) is 1. The fourth-order valence-electron chi connectivity index (χ4n) is 3.77. The Bertz CT molecular complexity index is 1100.